The van der Waals surface area contributed by atoms with Crippen LogP contribution in [0.4, 0.5) is 0 Å². The van der Waals surface area contributed by atoms with Crippen molar-refractivity contribution >= 4 is 5.97 Å². The zero-order valence-corrected chi connectivity index (χ0v) is 9.74. The minimum Gasteiger partial charge on any atom is -1.00 e. The van der Waals surface area contributed by atoms with Crippen LogP contribution in [0.25, 0.3) is 0 Å². The molecule has 13 heavy (non-hydrogen) atoms. The molecule has 0 fully saturated rings. The summed E-state index contributed by atoms with van der Waals surface area (Å²) in [4.78, 5) is 10.1. The van der Waals surface area contributed by atoms with Crippen molar-refractivity contribution in [3.05, 3.63) is 0 Å². The van der Waals surface area contributed by atoms with Crippen LogP contribution in [0.3, 0.4) is 0 Å². The minimum atomic E-state index is -0.933. The van der Waals surface area contributed by atoms with Crippen molar-refractivity contribution in [1.82, 2.24) is 0 Å². The third-order valence-electron chi connectivity index (χ3n) is 1.29. The van der Waals surface area contributed by atoms with Crippen LogP contribution in [-0.2, 0) is 21.9 Å². The maximum atomic E-state index is 10.1. The largest absolute Gasteiger partial charge is 2.00 e. The zero-order chi connectivity index (χ0) is 7.98. The van der Waals surface area contributed by atoms with E-state index in [0.29, 0.717) is 13.0 Å². The summed E-state index contributed by atoms with van der Waals surface area (Å²) in [6.07, 6.45) is 2.16. The number of unbranched alkanes of at least 4 members (excludes halogenated alkanes) is 1. The Labute approximate surface area is 101 Å². The van der Waals surface area contributed by atoms with Crippen molar-refractivity contribution in [2.75, 3.05) is 6.54 Å². The van der Waals surface area contributed by atoms with Gasteiger partial charge in [-0.1, -0.05) is 6.42 Å². The van der Waals surface area contributed by atoms with E-state index in [9.17, 15) is 4.79 Å². The molecule has 0 spiro atoms. The standard InChI is InChI=1S/C6H14N2O2.2ClH.Mn/c7-4-2-1-3-5(8)6(9)10;;;/h5H,1-4,7-8H2,(H,9,10);2*1H;/q;;;+2/p-2/t5-;;;/m0.../s1. The third kappa shape index (κ3) is 15.3. The fourth-order valence-corrected chi connectivity index (χ4v) is 0.632. The second-order valence-corrected chi connectivity index (χ2v) is 2.23. The molecule has 0 aromatic rings. The van der Waals surface area contributed by atoms with Gasteiger partial charge >= 0.3 is 23.0 Å². The number of nitrogens with two attached hydrogens (primary N) is 2. The molecule has 0 rings (SSSR count). The third-order valence-corrected chi connectivity index (χ3v) is 1.29. The number of carboxylic acids is 1. The van der Waals surface area contributed by atoms with E-state index < -0.39 is 12.0 Å². The molecule has 0 aliphatic carbocycles. The number of rotatable bonds is 5. The van der Waals surface area contributed by atoms with E-state index >= 15 is 0 Å². The SMILES string of the molecule is NCCCC[C@H](N)C(=O)O.[Cl-].[Cl-].[Mn+2]. The van der Waals surface area contributed by atoms with Crippen LogP contribution in [0.15, 0.2) is 0 Å². The summed E-state index contributed by atoms with van der Waals surface area (Å²) < 4.78 is 0. The Bertz CT molecular complexity index is 119. The van der Waals surface area contributed by atoms with Crippen molar-refractivity contribution in [2.45, 2.75) is 25.3 Å². The van der Waals surface area contributed by atoms with Crippen LogP contribution in [0.1, 0.15) is 19.3 Å². The Balaban J connectivity index is -0.000000135. The summed E-state index contributed by atoms with van der Waals surface area (Å²) in [5.74, 6) is -0.933. The molecule has 0 amide bonds. The van der Waals surface area contributed by atoms with Gasteiger partial charge in [0.2, 0.25) is 0 Å². The van der Waals surface area contributed by atoms with Gasteiger partial charge < -0.3 is 41.4 Å². The number of carboxylic acid groups (broad SMARTS) is 1. The van der Waals surface area contributed by atoms with Crippen LogP contribution in [-0.4, -0.2) is 23.7 Å². The van der Waals surface area contributed by atoms with Gasteiger partial charge in [0.05, 0.1) is 0 Å². The first-order valence-electron chi connectivity index (χ1n) is 3.37. The van der Waals surface area contributed by atoms with Crippen molar-refractivity contribution in [1.29, 1.82) is 0 Å². The van der Waals surface area contributed by atoms with Crippen LogP contribution in [0.2, 0.25) is 0 Å². The Kier molecular flexibility index (Phi) is 26.9. The van der Waals surface area contributed by atoms with Gasteiger partial charge in [0.15, 0.2) is 0 Å². The number of halogens is 2. The number of hydrogen-bond acceptors (Lipinski definition) is 3. The molecule has 1 radical (unpaired) electrons. The van der Waals surface area contributed by atoms with E-state index in [4.69, 9.17) is 16.6 Å². The van der Waals surface area contributed by atoms with E-state index in [1.807, 2.05) is 0 Å². The number of aliphatic carboxylic acids is 1. The normalized spacial score (nSPS) is 10.0. The van der Waals surface area contributed by atoms with E-state index in [2.05, 4.69) is 0 Å². The molecule has 81 valence electrons. The first-order chi connectivity index (χ1) is 4.68. The molecule has 0 aliphatic rings. The maximum absolute atomic E-state index is 10.1. The predicted molar refractivity (Wildman–Crippen MR) is 38.5 cm³/mol. The first-order valence-corrected chi connectivity index (χ1v) is 3.37. The molecular formula is C6H14Cl2MnN2O2. The predicted octanol–water partition coefficient (Wildman–Crippen LogP) is -6.47. The van der Waals surface area contributed by atoms with Gasteiger partial charge in [0.1, 0.15) is 6.04 Å². The van der Waals surface area contributed by atoms with Gasteiger partial charge in [0.25, 0.3) is 0 Å². The Morgan fingerprint density at radius 1 is 1.31 bits per heavy atom. The van der Waals surface area contributed by atoms with Crippen molar-refractivity contribution < 1.29 is 51.8 Å². The van der Waals surface area contributed by atoms with Crippen molar-refractivity contribution in [3.8, 4) is 0 Å². The van der Waals surface area contributed by atoms with Crippen LogP contribution in [0.5, 0.6) is 0 Å². The van der Waals surface area contributed by atoms with Crippen LogP contribution < -0.4 is 36.3 Å². The topological polar surface area (TPSA) is 89.3 Å². The van der Waals surface area contributed by atoms with E-state index in [1.165, 1.54) is 0 Å². The summed E-state index contributed by atoms with van der Waals surface area (Å²) in [5, 5.41) is 8.33. The monoisotopic (exact) mass is 271 g/mol. The smallest absolute Gasteiger partial charge is 1.00 e. The van der Waals surface area contributed by atoms with E-state index in [-0.39, 0.29) is 41.9 Å². The van der Waals surface area contributed by atoms with Gasteiger partial charge in [-0.3, -0.25) is 4.79 Å². The second-order valence-electron chi connectivity index (χ2n) is 2.23. The molecule has 1 atom stereocenters. The summed E-state index contributed by atoms with van der Waals surface area (Å²) >= 11 is 0. The van der Waals surface area contributed by atoms with Gasteiger partial charge in [0, 0.05) is 0 Å². The fourth-order valence-electron chi connectivity index (χ4n) is 0.632. The molecule has 0 unspecified atom stereocenters. The molecule has 0 bridgehead atoms. The molecule has 0 aromatic carbocycles. The van der Waals surface area contributed by atoms with Gasteiger partial charge in [-0.2, -0.15) is 0 Å². The minimum absolute atomic E-state index is 0. The van der Waals surface area contributed by atoms with Crippen molar-refractivity contribution in [2.24, 2.45) is 11.5 Å². The zero-order valence-electron chi connectivity index (χ0n) is 7.05. The van der Waals surface area contributed by atoms with Crippen LogP contribution in [0, 0.1) is 0 Å². The average Bonchev–Trinajstić information content (AvgIpc) is 1.88. The van der Waals surface area contributed by atoms with Crippen LogP contribution >= 0.6 is 0 Å². The maximum Gasteiger partial charge on any atom is 2.00 e. The summed E-state index contributed by atoms with van der Waals surface area (Å²) in [6.45, 7) is 0.604. The van der Waals surface area contributed by atoms with Crippen molar-refractivity contribution in [3.63, 3.8) is 0 Å². The Hall–Kier alpha value is 0.489. The molecule has 5 N–H and O–H groups in total. The molecule has 7 heteroatoms. The molecule has 0 saturated heterocycles. The molecule has 0 aromatic heterocycles. The second kappa shape index (κ2) is 15.0. The Morgan fingerprint density at radius 3 is 2.08 bits per heavy atom. The van der Waals surface area contributed by atoms with Gasteiger partial charge in [-0.05, 0) is 19.4 Å². The average molecular weight is 272 g/mol. The molecule has 4 nitrogen and oxygen atoms in total. The van der Waals surface area contributed by atoms with Gasteiger partial charge in [-0.15, -0.1) is 0 Å². The quantitative estimate of drug-likeness (QED) is 0.343. The molecule has 0 heterocycles. The van der Waals surface area contributed by atoms with E-state index in [0.717, 1.165) is 12.8 Å². The van der Waals surface area contributed by atoms with E-state index in [1.54, 1.807) is 0 Å². The molecular weight excluding hydrogens is 258 g/mol. The summed E-state index contributed by atoms with van der Waals surface area (Å²) in [5.41, 5.74) is 10.4. The molecule has 0 saturated carbocycles. The molecule has 0 aliphatic heterocycles. The fraction of sp³-hybridized carbons (Fsp3) is 0.833. The Morgan fingerprint density at radius 2 is 1.77 bits per heavy atom. The first kappa shape index (κ1) is 23.4. The van der Waals surface area contributed by atoms with Gasteiger partial charge in [-0.25, -0.2) is 0 Å². The summed E-state index contributed by atoms with van der Waals surface area (Å²) in [6, 6.07) is -0.716. The number of carbonyl (C=O) groups is 1. The summed E-state index contributed by atoms with van der Waals surface area (Å²) in [7, 11) is 0. The number of hydrogen-bond donors (Lipinski definition) is 3.